The molecule has 0 aliphatic rings. The van der Waals surface area contributed by atoms with Gasteiger partial charge in [-0.15, -0.1) is 0 Å². The van der Waals surface area contributed by atoms with Gasteiger partial charge >= 0.3 is 5.97 Å². The molecule has 0 fully saturated rings. The zero-order valence-corrected chi connectivity index (χ0v) is 14.0. The number of rotatable bonds is 5. The smallest absolute Gasteiger partial charge is 0.360 e. The normalized spacial score (nSPS) is 10.2. The number of hydrogen-bond donors (Lipinski definition) is 2. The van der Waals surface area contributed by atoms with E-state index in [1.807, 2.05) is 0 Å². The van der Waals surface area contributed by atoms with E-state index in [0.29, 0.717) is 27.8 Å². The molecule has 1 aromatic heterocycles. The van der Waals surface area contributed by atoms with Crippen LogP contribution >= 0.6 is 23.8 Å². The van der Waals surface area contributed by atoms with E-state index in [0.717, 1.165) is 0 Å². The molecule has 2 rings (SSSR count). The highest BCUT2D eigenvalue weighted by Gasteiger charge is 2.21. The molecule has 2 aromatic rings. The van der Waals surface area contributed by atoms with Crippen LogP contribution in [0.25, 0.3) is 0 Å². The summed E-state index contributed by atoms with van der Waals surface area (Å²) < 4.78 is 15.3. The summed E-state index contributed by atoms with van der Waals surface area (Å²) in [6.07, 6.45) is 0. The number of aryl methyl sites for hydroxylation is 1. The van der Waals surface area contributed by atoms with Gasteiger partial charge < -0.3 is 25.0 Å². The van der Waals surface area contributed by atoms with Crippen LogP contribution in [0.4, 0.5) is 5.69 Å². The minimum Gasteiger partial charge on any atom is -0.487 e. The first kappa shape index (κ1) is 17.0. The number of hydrogen-bond acceptors (Lipinski definition) is 6. The van der Waals surface area contributed by atoms with Crippen molar-refractivity contribution in [2.45, 2.75) is 13.5 Å². The minimum atomic E-state index is -0.595. The van der Waals surface area contributed by atoms with Gasteiger partial charge in [-0.05, 0) is 37.3 Å². The SMILES string of the molecule is COC(=O)c1noc(C)c1COc1ccc(NC(N)=S)cc1Cl. The van der Waals surface area contributed by atoms with E-state index in [4.69, 9.17) is 38.8 Å². The Bertz CT molecular complexity index is 748. The van der Waals surface area contributed by atoms with Crippen molar-refractivity contribution in [3.8, 4) is 5.75 Å². The van der Waals surface area contributed by atoms with Gasteiger partial charge in [0.1, 0.15) is 18.1 Å². The van der Waals surface area contributed by atoms with Gasteiger partial charge in [0.05, 0.1) is 17.7 Å². The van der Waals surface area contributed by atoms with Crippen molar-refractivity contribution in [2.75, 3.05) is 12.4 Å². The van der Waals surface area contributed by atoms with Crippen molar-refractivity contribution in [2.24, 2.45) is 5.73 Å². The third kappa shape index (κ3) is 4.11. The van der Waals surface area contributed by atoms with Crippen LogP contribution in [0.15, 0.2) is 22.7 Å². The first-order valence-electron chi connectivity index (χ1n) is 6.44. The molecule has 0 aliphatic heterocycles. The lowest BCUT2D eigenvalue weighted by Crippen LogP contribution is -2.18. The number of nitrogens with zero attached hydrogens (tertiary/aromatic N) is 1. The summed E-state index contributed by atoms with van der Waals surface area (Å²) in [5, 5.41) is 6.93. The highest BCUT2D eigenvalue weighted by molar-refractivity contribution is 7.80. The number of nitrogens with one attached hydrogen (secondary N) is 1. The van der Waals surface area contributed by atoms with E-state index in [9.17, 15) is 4.79 Å². The summed E-state index contributed by atoms with van der Waals surface area (Å²) in [6.45, 7) is 1.73. The number of aromatic nitrogens is 1. The Balaban J connectivity index is 2.14. The molecule has 7 nitrogen and oxygen atoms in total. The van der Waals surface area contributed by atoms with Crippen molar-refractivity contribution in [3.05, 3.63) is 40.2 Å². The number of thiocarbonyl (C=S) groups is 1. The van der Waals surface area contributed by atoms with Crippen molar-refractivity contribution in [1.82, 2.24) is 5.16 Å². The molecular formula is C14H14ClN3O4S. The number of esters is 1. The second kappa shape index (κ2) is 7.30. The number of anilines is 1. The van der Waals surface area contributed by atoms with Crippen LogP contribution in [-0.4, -0.2) is 23.3 Å². The zero-order valence-electron chi connectivity index (χ0n) is 12.4. The summed E-state index contributed by atoms with van der Waals surface area (Å²) >= 11 is 10.9. The van der Waals surface area contributed by atoms with Crippen LogP contribution < -0.4 is 15.8 Å². The predicted molar refractivity (Wildman–Crippen MR) is 88.8 cm³/mol. The van der Waals surface area contributed by atoms with E-state index < -0.39 is 5.97 Å². The molecule has 3 N–H and O–H groups in total. The number of carbonyl (C=O) groups excluding carboxylic acids is 1. The predicted octanol–water partition coefficient (Wildman–Crippen LogP) is 2.66. The Hall–Kier alpha value is -2.32. The number of methoxy groups -OCH3 is 1. The van der Waals surface area contributed by atoms with Crippen molar-refractivity contribution in [1.29, 1.82) is 0 Å². The van der Waals surface area contributed by atoms with Crippen molar-refractivity contribution < 1.29 is 18.8 Å². The van der Waals surface area contributed by atoms with E-state index in [2.05, 4.69) is 15.2 Å². The van der Waals surface area contributed by atoms with E-state index in [1.165, 1.54) is 7.11 Å². The van der Waals surface area contributed by atoms with Gasteiger partial charge in [0.15, 0.2) is 10.8 Å². The summed E-state index contributed by atoms with van der Waals surface area (Å²) in [7, 11) is 1.27. The molecule has 0 saturated heterocycles. The van der Waals surface area contributed by atoms with E-state index in [-0.39, 0.29) is 17.4 Å². The third-order valence-electron chi connectivity index (χ3n) is 2.93. The average Bonchev–Trinajstić information content (AvgIpc) is 2.86. The molecule has 0 amide bonds. The zero-order chi connectivity index (χ0) is 17.0. The Labute approximate surface area is 142 Å². The average molecular weight is 356 g/mol. The van der Waals surface area contributed by atoms with Crippen LogP contribution in [-0.2, 0) is 11.3 Å². The van der Waals surface area contributed by atoms with Crippen LogP contribution in [0, 0.1) is 6.92 Å². The number of carbonyl (C=O) groups is 1. The first-order chi connectivity index (χ1) is 10.9. The molecule has 0 radical (unpaired) electrons. The second-order valence-electron chi connectivity index (χ2n) is 4.48. The van der Waals surface area contributed by atoms with Gasteiger partial charge in [0.25, 0.3) is 0 Å². The summed E-state index contributed by atoms with van der Waals surface area (Å²) in [4.78, 5) is 11.6. The Kier molecular flexibility index (Phi) is 5.41. The first-order valence-corrected chi connectivity index (χ1v) is 7.23. The van der Waals surface area contributed by atoms with Crippen LogP contribution in [0.3, 0.4) is 0 Å². The van der Waals surface area contributed by atoms with Crippen LogP contribution in [0.2, 0.25) is 5.02 Å². The summed E-state index contributed by atoms with van der Waals surface area (Å²) in [6, 6.07) is 4.99. The number of benzene rings is 1. The number of nitrogens with two attached hydrogens (primary N) is 1. The standard InChI is InChI=1S/C14H14ClN3O4S/c1-7-9(12(18-22-7)13(19)20-2)6-21-11-4-3-8(5-10(11)15)17-14(16)23/h3-5H,6H2,1-2H3,(H3,16,17,23). The van der Waals surface area contributed by atoms with Crippen LogP contribution in [0.5, 0.6) is 5.75 Å². The molecule has 9 heteroatoms. The highest BCUT2D eigenvalue weighted by Crippen LogP contribution is 2.29. The molecule has 1 aromatic carbocycles. The number of halogens is 1. The molecule has 0 bridgehead atoms. The van der Waals surface area contributed by atoms with Gasteiger partial charge in [0.2, 0.25) is 0 Å². The third-order valence-corrected chi connectivity index (χ3v) is 3.33. The molecule has 0 aliphatic carbocycles. The van der Waals surface area contributed by atoms with Crippen molar-refractivity contribution >= 4 is 40.6 Å². The number of ether oxygens (including phenoxy) is 2. The maximum absolute atomic E-state index is 11.6. The molecule has 122 valence electrons. The lowest BCUT2D eigenvalue weighted by Gasteiger charge is -2.10. The molecule has 23 heavy (non-hydrogen) atoms. The van der Waals surface area contributed by atoms with E-state index in [1.54, 1.807) is 25.1 Å². The van der Waals surface area contributed by atoms with Gasteiger partial charge in [-0.2, -0.15) is 0 Å². The lowest BCUT2D eigenvalue weighted by atomic mass is 10.2. The molecule has 1 heterocycles. The Morgan fingerprint density at radius 2 is 2.26 bits per heavy atom. The second-order valence-corrected chi connectivity index (χ2v) is 5.33. The molecule has 0 unspecified atom stereocenters. The maximum Gasteiger partial charge on any atom is 0.360 e. The Morgan fingerprint density at radius 1 is 1.52 bits per heavy atom. The maximum atomic E-state index is 11.6. The Morgan fingerprint density at radius 3 is 2.87 bits per heavy atom. The molecular weight excluding hydrogens is 342 g/mol. The summed E-state index contributed by atoms with van der Waals surface area (Å²) in [5.41, 5.74) is 6.61. The monoisotopic (exact) mass is 355 g/mol. The fourth-order valence-electron chi connectivity index (χ4n) is 1.81. The van der Waals surface area contributed by atoms with Crippen LogP contribution in [0.1, 0.15) is 21.8 Å². The molecule has 0 saturated carbocycles. The van der Waals surface area contributed by atoms with Gasteiger partial charge in [-0.1, -0.05) is 16.8 Å². The topological polar surface area (TPSA) is 99.6 Å². The van der Waals surface area contributed by atoms with Gasteiger partial charge in [0, 0.05) is 5.69 Å². The van der Waals surface area contributed by atoms with Crippen molar-refractivity contribution in [3.63, 3.8) is 0 Å². The molecule has 0 atom stereocenters. The fourth-order valence-corrected chi connectivity index (χ4v) is 2.16. The van der Waals surface area contributed by atoms with Gasteiger partial charge in [-0.25, -0.2) is 4.79 Å². The lowest BCUT2D eigenvalue weighted by molar-refractivity contribution is 0.0586. The van der Waals surface area contributed by atoms with Gasteiger partial charge in [-0.3, -0.25) is 0 Å². The largest absolute Gasteiger partial charge is 0.487 e. The highest BCUT2D eigenvalue weighted by atomic mass is 35.5. The minimum absolute atomic E-state index is 0.0571. The quantitative estimate of drug-likeness (QED) is 0.623. The van der Waals surface area contributed by atoms with E-state index >= 15 is 0 Å². The fraction of sp³-hybridized carbons (Fsp3) is 0.214. The summed E-state index contributed by atoms with van der Waals surface area (Å²) in [5.74, 6) is 0.299. The molecule has 0 spiro atoms.